The van der Waals surface area contributed by atoms with Crippen molar-refractivity contribution in [1.82, 2.24) is 14.8 Å². The van der Waals surface area contributed by atoms with Crippen LogP contribution in [0.5, 0.6) is 5.75 Å². The number of benzene rings is 1. The molecule has 0 amide bonds. The van der Waals surface area contributed by atoms with Crippen LogP contribution in [0.3, 0.4) is 0 Å². The summed E-state index contributed by atoms with van der Waals surface area (Å²) in [5.74, 6) is 0.0772. The molecular weight excluding hydrogens is 427 g/mol. The number of hydrogen-bond donors (Lipinski definition) is 0. The van der Waals surface area contributed by atoms with Gasteiger partial charge >= 0.3 is 6.11 Å². The molecule has 22 heavy (non-hydrogen) atoms. The van der Waals surface area contributed by atoms with Gasteiger partial charge in [0.05, 0.1) is 16.1 Å². The summed E-state index contributed by atoms with van der Waals surface area (Å²) in [5.41, 5.74) is 1.28. The molecule has 0 atom stereocenters. The highest BCUT2D eigenvalue weighted by molar-refractivity contribution is 14.1. The Kier molecular flexibility index (Phi) is 3.94. The first-order valence-electron chi connectivity index (χ1n) is 6.21. The molecule has 0 aliphatic carbocycles. The van der Waals surface area contributed by atoms with Crippen molar-refractivity contribution in [2.24, 2.45) is 0 Å². The van der Waals surface area contributed by atoms with E-state index in [0.717, 1.165) is 5.39 Å². The Labute approximate surface area is 143 Å². The largest absolute Gasteiger partial charge is 0.433 e. The zero-order chi connectivity index (χ0) is 15.9. The molecule has 1 aromatic carbocycles. The summed E-state index contributed by atoms with van der Waals surface area (Å²) < 4.78 is 32.5. The second-order valence-corrected chi connectivity index (χ2v) is 6.03. The van der Waals surface area contributed by atoms with Gasteiger partial charge in [0, 0.05) is 13.1 Å². The number of aromatic nitrogens is 3. The van der Waals surface area contributed by atoms with Gasteiger partial charge in [-0.2, -0.15) is 13.9 Å². The zero-order valence-corrected chi connectivity index (χ0v) is 14.1. The van der Waals surface area contributed by atoms with Crippen molar-refractivity contribution >= 4 is 45.2 Å². The zero-order valence-electron chi connectivity index (χ0n) is 11.2. The molecule has 0 aliphatic rings. The van der Waals surface area contributed by atoms with Crippen LogP contribution >= 0.6 is 34.2 Å². The molecule has 0 fully saturated rings. The van der Waals surface area contributed by atoms with Gasteiger partial charge in [-0.1, -0.05) is 11.6 Å². The van der Waals surface area contributed by atoms with Gasteiger partial charge in [-0.15, -0.1) is 0 Å². The lowest BCUT2D eigenvalue weighted by atomic mass is 10.3. The number of ether oxygens (including phenoxy) is 1. The molecule has 0 radical (unpaired) electrons. The van der Waals surface area contributed by atoms with E-state index in [1.165, 1.54) is 12.1 Å². The number of nitrogens with zero attached hydrogens (tertiary/aromatic N) is 3. The lowest BCUT2D eigenvalue weighted by Gasteiger charge is -2.13. The smallest absolute Gasteiger partial charge is 0.394 e. The van der Waals surface area contributed by atoms with Crippen molar-refractivity contribution < 1.29 is 13.5 Å². The third-order valence-electron chi connectivity index (χ3n) is 2.85. The quantitative estimate of drug-likeness (QED) is 0.561. The fourth-order valence-corrected chi connectivity index (χ4v) is 3.14. The molecule has 0 aliphatic heterocycles. The average Bonchev–Trinajstić information content (AvgIpc) is 2.77. The van der Waals surface area contributed by atoms with Gasteiger partial charge in [0.25, 0.3) is 0 Å². The predicted octanol–water partition coefficient (Wildman–Crippen LogP) is 4.67. The molecule has 2 heterocycles. The highest BCUT2D eigenvalue weighted by atomic mass is 127. The fraction of sp³-hybridized carbons (Fsp3) is 0.143. The maximum Gasteiger partial charge on any atom is 0.394 e. The Morgan fingerprint density at radius 1 is 1.23 bits per heavy atom. The first-order valence-corrected chi connectivity index (χ1v) is 7.67. The number of halogens is 4. The summed E-state index contributed by atoms with van der Waals surface area (Å²) in [6.07, 6.45) is -1.63. The third-order valence-corrected chi connectivity index (χ3v) is 3.92. The molecule has 0 N–H and O–H groups in total. The van der Waals surface area contributed by atoms with Gasteiger partial charge in [-0.05, 0) is 52.9 Å². The van der Waals surface area contributed by atoms with Crippen LogP contribution in [0, 0.1) is 3.70 Å². The lowest BCUT2D eigenvalue weighted by Crippen LogP contribution is -2.19. The van der Waals surface area contributed by atoms with Crippen LogP contribution in [0.4, 0.5) is 8.78 Å². The van der Waals surface area contributed by atoms with Gasteiger partial charge in [0.2, 0.25) is 0 Å². The normalized spacial score (nSPS) is 11.9. The van der Waals surface area contributed by atoms with Crippen LogP contribution in [-0.4, -0.2) is 20.9 Å². The number of hydrogen-bond acceptors (Lipinski definition) is 3. The molecule has 114 valence electrons. The van der Waals surface area contributed by atoms with Gasteiger partial charge < -0.3 is 4.74 Å². The minimum absolute atomic E-state index is 0.0772. The molecule has 8 heteroatoms. The highest BCUT2D eigenvalue weighted by Crippen LogP contribution is 2.29. The Morgan fingerprint density at radius 2 is 1.91 bits per heavy atom. The van der Waals surface area contributed by atoms with Crippen molar-refractivity contribution in [2.45, 2.75) is 13.0 Å². The van der Waals surface area contributed by atoms with Gasteiger partial charge in [0.1, 0.15) is 9.45 Å². The molecular formula is C14H9ClF2IN3O. The summed E-state index contributed by atoms with van der Waals surface area (Å²) >= 11 is 8.24. The van der Waals surface area contributed by atoms with E-state index in [2.05, 4.69) is 37.4 Å². The van der Waals surface area contributed by atoms with Gasteiger partial charge in [-0.25, -0.2) is 9.67 Å². The molecule has 2 aromatic heterocycles. The van der Waals surface area contributed by atoms with Crippen molar-refractivity contribution in [3.05, 3.63) is 45.3 Å². The topological polar surface area (TPSA) is 39.9 Å². The summed E-state index contributed by atoms with van der Waals surface area (Å²) in [6, 6.07) is 7.87. The Bertz CT molecular complexity index is 830. The first kappa shape index (κ1) is 15.4. The predicted molar refractivity (Wildman–Crippen MR) is 87.8 cm³/mol. The van der Waals surface area contributed by atoms with Crippen molar-refractivity contribution in [1.29, 1.82) is 0 Å². The van der Waals surface area contributed by atoms with Crippen molar-refractivity contribution in [2.75, 3.05) is 0 Å². The molecule has 0 spiro atoms. The second kappa shape index (κ2) is 5.62. The third kappa shape index (κ3) is 3.00. The molecule has 0 saturated carbocycles. The second-order valence-electron chi connectivity index (χ2n) is 4.60. The van der Waals surface area contributed by atoms with E-state index < -0.39 is 6.11 Å². The highest BCUT2D eigenvalue weighted by Gasteiger charge is 2.23. The van der Waals surface area contributed by atoms with E-state index in [4.69, 9.17) is 11.6 Å². The molecule has 0 unspecified atom stereocenters. The van der Waals surface area contributed by atoms with Crippen LogP contribution in [0.2, 0.25) is 5.02 Å². The lowest BCUT2D eigenvalue weighted by molar-refractivity contribution is -0.158. The number of pyridine rings is 1. The van der Waals surface area contributed by atoms with E-state index in [0.29, 0.717) is 27.0 Å². The summed E-state index contributed by atoms with van der Waals surface area (Å²) in [5, 5.41) is 5.71. The summed E-state index contributed by atoms with van der Waals surface area (Å²) in [6.45, 7) is 0.691. The van der Waals surface area contributed by atoms with Crippen molar-refractivity contribution in [3.8, 4) is 11.4 Å². The minimum Gasteiger partial charge on any atom is -0.433 e. The van der Waals surface area contributed by atoms with E-state index in [-0.39, 0.29) is 5.75 Å². The van der Waals surface area contributed by atoms with Crippen LogP contribution in [0.15, 0.2) is 36.5 Å². The van der Waals surface area contributed by atoms with Crippen LogP contribution in [0.1, 0.15) is 6.92 Å². The van der Waals surface area contributed by atoms with Gasteiger partial charge in [-0.3, -0.25) is 0 Å². The van der Waals surface area contributed by atoms with Crippen LogP contribution in [0.25, 0.3) is 16.7 Å². The molecule has 0 bridgehead atoms. The molecule has 3 aromatic rings. The molecule has 4 nitrogen and oxygen atoms in total. The monoisotopic (exact) mass is 435 g/mol. The molecule has 0 saturated heterocycles. The van der Waals surface area contributed by atoms with Crippen molar-refractivity contribution in [3.63, 3.8) is 0 Å². The minimum atomic E-state index is -3.22. The number of rotatable bonds is 3. The fourth-order valence-electron chi connectivity index (χ4n) is 2.01. The standard InChI is InChI=1S/C14H9ClF2IN3O/c1-14(16,17)22-9-4-2-8(3-5-9)21-13-11(12(18)20-21)10(15)6-7-19-13/h2-7H,1H3. The Hall–Kier alpha value is -1.48. The SMILES string of the molecule is CC(F)(F)Oc1ccc(-n2nc(I)c3c(Cl)ccnc32)cc1. The summed E-state index contributed by atoms with van der Waals surface area (Å²) in [7, 11) is 0. The van der Waals surface area contributed by atoms with Crippen LogP contribution < -0.4 is 4.74 Å². The Morgan fingerprint density at radius 3 is 2.55 bits per heavy atom. The average molecular weight is 436 g/mol. The Balaban J connectivity index is 2.03. The number of alkyl halides is 2. The molecule has 3 rings (SSSR count). The first-order chi connectivity index (χ1) is 10.3. The number of fused-ring (bicyclic) bond motifs is 1. The van der Waals surface area contributed by atoms with E-state index in [1.54, 1.807) is 29.1 Å². The van der Waals surface area contributed by atoms with Gasteiger partial charge in [0.15, 0.2) is 5.65 Å². The maximum atomic E-state index is 12.8. The summed E-state index contributed by atoms with van der Waals surface area (Å²) in [4.78, 5) is 4.28. The maximum absolute atomic E-state index is 12.8. The van der Waals surface area contributed by atoms with E-state index in [1.807, 2.05) is 0 Å². The van der Waals surface area contributed by atoms with Crippen LogP contribution in [-0.2, 0) is 0 Å². The van der Waals surface area contributed by atoms with E-state index in [9.17, 15) is 8.78 Å². The van der Waals surface area contributed by atoms with E-state index >= 15 is 0 Å².